The summed E-state index contributed by atoms with van der Waals surface area (Å²) in [5, 5.41) is 3.37. The Morgan fingerprint density at radius 2 is 2.08 bits per heavy atom. The molecule has 0 atom stereocenters. The van der Waals surface area contributed by atoms with Crippen molar-refractivity contribution in [3.05, 3.63) is 42.2 Å². The quantitative estimate of drug-likeness (QED) is 0.732. The summed E-state index contributed by atoms with van der Waals surface area (Å²) in [5.41, 5.74) is 1.29. The van der Waals surface area contributed by atoms with Crippen LogP contribution < -0.4 is 0 Å². The number of hydrogen-bond acceptors (Lipinski definition) is 1. The molecule has 2 rings (SSSR count). The van der Waals surface area contributed by atoms with Gasteiger partial charge in [-0.25, -0.2) is 0 Å². The molecule has 1 aromatic heterocycles. The molecule has 0 aliphatic carbocycles. The summed E-state index contributed by atoms with van der Waals surface area (Å²) < 4.78 is 0. The highest BCUT2D eigenvalue weighted by atomic mass is 79.9. The molecular weight excluding hydrogens is 294 g/mol. The maximum Gasteiger partial charge on any atom is 0.0349 e. The predicted molar refractivity (Wildman–Crippen MR) is 64.7 cm³/mol. The molecule has 0 bridgehead atoms. The lowest BCUT2D eigenvalue weighted by molar-refractivity contribution is 1.35. The van der Waals surface area contributed by atoms with Crippen LogP contribution in [0.2, 0.25) is 0 Å². The van der Waals surface area contributed by atoms with Gasteiger partial charge in [0.2, 0.25) is 0 Å². The van der Waals surface area contributed by atoms with E-state index in [0.29, 0.717) is 0 Å². The molecule has 0 saturated heterocycles. The molecule has 2 aromatic rings. The number of pyridine rings is 1. The monoisotopic (exact) mass is 301 g/mol. The Balaban J connectivity index is 0.000000845. The fraction of sp³-hybridized carbons (Fsp3) is 0.100. The highest BCUT2D eigenvalue weighted by Crippen LogP contribution is 2.18. The van der Waals surface area contributed by atoms with E-state index in [1.54, 1.807) is 0 Å². The third-order valence-corrected chi connectivity index (χ3v) is 2.52. The first-order chi connectivity index (χ1) is 5.92. The molecule has 1 aromatic carbocycles. The molecule has 0 saturated carbocycles. The van der Waals surface area contributed by atoms with E-state index >= 15 is 0 Å². The normalized spacial score (nSPS) is 9.62. The van der Waals surface area contributed by atoms with Crippen LogP contribution in [0.5, 0.6) is 0 Å². The lowest BCUT2D eigenvalue weighted by Gasteiger charge is -2.00. The van der Waals surface area contributed by atoms with Gasteiger partial charge in [-0.05, 0) is 17.0 Å². The lowest BCUT2D eigenvalue weighted by atomic mass is 10.1. The summed E-state index contributed by atoms with van der Waals surface area (Å²) >= 11 is 3.45. The standard InChI is InChI=1S/C10H8BrN.BrH/c11-6-9-3-1-2-8-4-5-12-7-10(8)9;/h1-5,7H,6H2;1H. The topological polar surface area (TPSA) is 12.9 Å². The minimum Gasteiger partial charge on any atom is -0.264 e. The number of halogens is 2. The van der Waals surface area contributed by atoms with E-state index in [1.165, 1.54) is 16.3 Å². The molecule has 0 fully saturated rings. The molecule has 0 spiro atoms. The fourth-order valence-electron chi connectivity index (χ4n) is 1.29. The third-order valence-electron chi connectivity index (χ3n) is 1.92. The molecule has 0 radical (unpaired) electrons. The van der Waals surface area contributed by atoms with Crippen molar-refractivity contribution in [1.82, 2.24) is 4.98 Å². The minimum absolute atomic E-state index is 0. The number of alkyl halides is 1. The first kappa shape index (κ1) is 10.7. The SMILES string of the molecule is Br.BrCc1cccc2ccncc12. The van der Waals surface area contributed by atoms with Crippen molar-refractivity contribution >= 4 is 43.7 Å². The second-order valence-electron chi connectivity index (χ2n) is 2.65. The largest absolute Gasteiger partial charge is 0.264 e. The number of hydrogen-bond donors (Lipinski definition) is 0. The van der Waals surface area contributed by atoms with Crippen LogP contribution in [0.3, 0.4) is 0 Å². The number of benzene rings is 1. The van der Waals surface area contributed by atoms with Gasteiger partial charge in [-0.3, -0.25) is 4.98 Å². The van der Waals surface area contributed by atoms with Gasteiger partial charge < -0.3 is 0 Å². The summed E-state index contributed by atoms with van der Waals surface area (Å²) in [7, 11) is 0. The van der Waals surface area contributed by atoms with Gasteiger partial charge in [0.05, 0.1) is 0 Å². The summed E-state index contributed by atoms with van der Waals surface area (Å²) in [5.74, 6) is 0. The van der Waals surface area contributed by atoms with Crippen LogP contribution in [0.15, 0.2) is 36.7 Å². The molecule has 68 valence electrons. The minimum atomic E-state index is 0. The number of fused-ring (bicyclic) bond motifs is 1. The molecule has 1 nitrogen and oxygen atoms in total. The van der Waals surface area contributed by atoms with Gasteiger partial charge in [0.15, 0.2) is 0 Å². The third kappa shape index (κ3) is 2.09. The van der Waals surface area contributed by atoms with Gasteiger partial charge in [0.25, 0.3) is 0 Å². The van der Waals surface area contributed by atoms with Gasteiger partial charge in [-0.2, -0.15) is 0 Å². The van der Waals surface area contributed by atoms with Crippen LogP contribution in [-0.4, -0.2) is 4.98 Å². The molecule has 0 aliphatic heterocycles. The van der Waals surface area contributed by atoms with Gasteiger partial charge >= 0.3 is 0 Å². The lowest BCUT2D eigenvalue weighted by Crippen LogP contribution is -1.81. The van der Waals surface area contributed by atoms with Gasteiger partial charge in [-0.1, -0.05) is 34.1 Å². The zero-order valence-electron chi connectivity index (χ0n) is 6.90. The van der Waals surface area contributed by atoms with Crippen LogP contribution in [0.25, 0.3) is 10.8 Å². The van der Waals surface area contributed by atoms with Crippen LogP contribution in [0, 0.1) is 0 Å². The molecule has 0 unspecified atom stereocenters. The zero-order chi connectivity index (χ0) is 8.39. The van der Waals surface area contributed by atoms with Crippen molar-refractivity contribution in [2.75, 3.05) is 0 Å². The fourth-order valence-corrected chi connectivity index (χ4v) is 1.78. The Morgan fingerprint density at radius 3 is 2.85 bits per heavy atom. The van der Waals surface area contributed by atoms with Crippen molar-refractivity contribution in [1.29, 1.82) is 0 Å². The predicted octanol–water partition coefficient (Wildman–Crippen LogP) is 3.71. The molecule has 1 heterocycles. The van der Waals surface area contributed by atoms with Crippen LogP contribution >= 0.6 is 32.9 Å². The van der Waals surface area contributed by atoms with Gasteiger partial charge in [0, 0.05) is 23.1 Å². The molecule has 0 aliphatic rings. The molecule has 3 heteroatoms. The molecule has 0 amide bonds. The Bertz CT molecular complexity index is 396. The van der Waals surface area contributed by atoms with E-state index in [4.69, 9.17) is 0 Å². The van der Waals surface area contributed by atoms with Crippen LogP contribution in [-0.2, 0) is 5.33 Å². The van der Waals surface area contributed by atoms with Crippen molar-refractivity contribution in [3.8, 4) is 0 Å². The number of rotatable bonds is 1. The second-order valence-corrected chi connectivity index (χ2v) is 3.21. The summed E-state index contributed by atoms with van der Waals surface area (Å²) in [6.45, 7) is 0. The molecule has 0 N–H and O–H groups in total. The van der Waals surface area contributed by atoms with Gasteiger partial charge in [0.1, 0.15) is 0 Å². The van der Waals surface area contributed by atoms with E-state index < -0.39 is 0 Å². The Labute approximate surface area is 96.1 Å². The number of nitrogens with zero attached hydrogens (tertiary/aromatic N) is 1. The Morgan fingerprint density at radius 1 is 1.23 bits per heavy atom. The Kier molecular flexibility index (Phi) is 3.88. The van der Waals surface area contributed by atoms with E-state index in [-0.39, 0.29) is 17.0 Å². The van der Waals surface area contributed by atoms with E-state index in [0.717, 1.165) is 5.33 Å². The van der Waals surface area contributed by atoms with Crippen molar-refractivity contribution < 1.29 is 0 Å². The van der Waals surface area contributed by atoms with E-state index in [9.17, 15) is 0 Å². The number of aromatic nitrogens is 1. The molecule has 13 heavy (non-hydrogen) atoms. The highest BCUT2D eigenvalue weighted by molar-refractivity contribution is 9.08. The van der Waals surface area contributed by atoms with Crippen molar-refractivity contribution in [2.24, 2.45) is 0 Å². The first-order valence-electron chi connectivity index (χ1n) is 3.79. The Hall–Kier alpha value is -0.410. The van der Waals surface area contributed by atoms with Crippen molar-refractivity contribution in [3.63, 3.8) is 0 Å². The highest BCUT2D eigenvalue weighted by Gasteiger charge is 1.97. The smallest absolute Gasteiger partial charge is 0.0349 e. The maximum absolute atomic E-state index is 4.10. The van der Waals surface area contributed by atoms with Crippen molar-refractivity contribution in [2.45, 2.75) is 5.33 Å². The molecular formula is C10H9Br2N. The second kappa shape index (κ2) is 4.72. The summed E-state index contributed by atoms with van der Waals surface area (Å²) in [6.07, 6.45) is 3.73. The van der Waals surface area contributed by atoms with Crippen LogP contribution in [0.1, 0.15) is 5.56 Å². The average Bonchev–Trinajstić information content (AvgIpc) is 2.17. The summed E-state index contributed by atoms with van der Waals surface area (Å²) in [6, 6.07) is 8.31. The van der Waals surface area contributed by atoms with E-state index in [1.807, 2.05) is 18.5 Å². The van der Waals surface area contributed by atoms with Crippen LogP contribution in [0.4, 0.5) is 0 Å². The summed E-state index contributed by atoms with van der Waals surface area (Å²) in [4.78, 5) is 4.10. The van der Waals surface area contributed by atoms with Gasteiger partial charge in [-0.15, -0.1) is 17.0 Å². The van der Waals surface area contributed by atoms with E-state index in [2.05, 4.69) is 39.1 Å². The first-order valence-corrected chi connectivity index (χ1v) is 4.91. The average molecular weight is 303 g/mol. The zero-order valence-corrected chi connectivity index (χ0v) is 10.2. The maximum atomic E-state index is 4.10.